The van der Waals surface area contributed by atoms with Crippen molar-refractivity contribution in [3.8, 4) is 0 Å². The van der Waals surface area contributed by atoms with Crippen molar-refractivity contribution < 1.29 is 18.8 Å². The fourth-order valence-electron chi connectivity index (χ4n) is 3.77. The lowest BCUT2D eigenvalue weighted by Gasteiger charge is -2.34. The largest absolute Gasteiger partial charge is 0.442 e. The van der Waals surface area contributed by atoms with Gasteiger partial charge in [0.1, 0.15) is 11.1 Å². The Labute approximate surface area is 160 Å². The molecule has 148 valence electrons. The summed E-state index contributed by atoms with van der Waals surface area (Å²) in [6.07, 6.45) is 3.07. The number of carbonyl (C=O) groups excluding carboxylic acids is 3. The number of H-pyrrole nitrogens is 1. The van der Waals surface area contributed by atoms with E-state index in [1.807, 2.05) is 0 Å². The van der Waals surface area contributed by atoms with E-state index in [1.165, 1.54) is 11.2 Å². The first-order valence-corrected chi connectivity index (χ1v) is 9.31. The van der Waals surface area contributed by atoms with E-state index in [0.717, 1.165) is 12.8 Å². The summed E-state index contributed by atoms with van der Waals surface area (Å²) in [7, 11) is 0. The van der Waals surface area contributed by atoms with Gasteiger partial charge in [0.05, 0.1) is 11.9 Å². The molecule has 0 saturated carbocycles. The number of fused-ring (bicyclic) bond motifs is 1. The van der Waals surface area contributed by atoms with E-state index in [2.05, 4.69) is 9.97 Å². The van der Waals surface area contributed by atoms with Crippen molar-refractivity contribution in [3.63, 3.8) is 0 Å². The Bertz CT molecular complexity index is 995. The zero-order chi connectivity index (χ0) is 19.8. The van der Waals surface area contributed by atoms with Gasteiger partial charge in [0.15, 0.2) is 0 Å². The molecular weight excluding hydrogens is 366 g/mol. The first-order valence-electron chi connectivity index (χ1n) is 9.31. The highest BCUT2D eigenvalue weighted by molar-refractivity contribution is 6.35. The second-order valence-electron chi connectivity index (χ2n) is 7.03. The van der Waals surface area contributed by atoms with Crippen molar-refractivity contribution in [1.29, 1.82) is 0 Å². The number of aryl methyl sites for hydroxylation is 1. The van der Waals surface area contributed by atoms with Crippen LogP contribution in [0.1, 0.15) is 29.0 Å². The van der Waals surface area contributed by atoms with Crippen molar-refractivity contribution in [3.05, 3.63) is 28.0 Å². The molecule has 28 heavy (non-hydrogen) atoms. The molecule has 3 amide bonds. The van der Waals surface area contributed by atoms with Crippen LogP contribution in [0.3, 0.4) is 0 Å². The van der Waals surface area contributed by atoms with Gasteiger partial charge in [0.25, 0.3) is 11.5 Å². The molecule has 1 N–H and O–H groups in total. The van der Waals surface area contributed by atoms with Crippen LogP contribution >= 0.6 is 0 Å². The van der Waals surface area contributed by atoms with E-state index in [4.69, 9.17) is 4.42 Å². The number of aromatic nitrogens is 2. The molecule has 2 aliphatic heterocycles. The van der Waals surface area contributed by atoms with E-state index in [9.17, 15) is 19.2 Å². The molecular formula is C18H21N5O5. The third-order valence-electron chi connectivity index (χ3n) is 5.31. The highest BCUT2D eigenvalue weighted by Crippen LogP contribution is 2.23. The minimum Gasteiger partial charge on any atom is -0.442 e. The molecule has 0 radical (unpaired) electrons. The molecule has 0 aromatic carbocycles. The smallest absolute Gasteiger partial charge is 0.312 e. The Kier molecular flexibility index (Phi) is 4.62. The van der Waals surface area contributed by atoms with Gasteiger partial charge in [0.2, 0.25) is 5.71 Å². The summed E-state index contributed by atoms with van der Waals surface area (Å²) in [5, 5.41) is 0.132. The molecule has 2 fully saturated rings. The second-order valence-corrected chi connectivity index (χ2v) is 7.03. The fraction of sp³-hybridized carbons (Fsp3) is 0.500. The monoisotopic (exact) mass is 387 g/mol. The number of likely N-dealkylation sites (tertiary alicyclic amines) is 1. The van der Waals surface area contributed by atoms with Gasteiger partial charge < -0.3 is 24.1 Å². The van der Waals surface area contributed by atoms with Gasteiger partial charge in [-0.2, -0.15) is 0 Å². The molecule has 10 heteroatoms. The summed E-state index contributed by atoms with van der Waals surface area (Å²) >= 11 is 0. The van der Waals surface area contributed by atoms with Gasteiger partial charge >= 0.3 is 11.8 Å². The SMILES string of the molecule is Cc1oc2nc[nH]c(=O)c2c1C(=O)N1CCN(C(=O)C(=O)N2CCCC2)CC1. The zero-order valence-electron chi connectivity index (χ0n) is 15.6. The number of nitrogens with one attached hydrogen (secondary N) is 1. The molecule has 0 unspecified atom stereocenters. The summed E-state index contributed by atoms with van der Waals surface area (Å²) in [5.74, 6) is -0.995. The maximum absolute atomic E-state index is 13.0. The highest BCUT2D eigenvalue weighted by atomic mass is 16.3. The number of furan rings is 1. The quantitative estimate of drug-likeness (QED) is 0.673. The van der Waals surface area contributed by atoms with Gasteiger partial charge in [0, 0.05) is 39.3 Å². The van der Waals surface area contributed by atoms with Crippen LogP contribution in [-0.2, 0) is 9.59 Å². The Balaban J connectivity index is 1.46. The van der Waals surface area contributed by atoms with Crippen molar-refractivity contribution in [2.75, 3.05) is 39.3 Å². The van der Waals surface area contributed by atoms with E-state index < -0.39 is 17.4 Å². The Morgan fingerprint density at radius 1 is 0.964 bits per heavy atom. The van der Waals surface area contributed by atoms with Crippen LogP contribution in [0.5, 0.6) is 0 Å². The predicted molar refractivity (Wildman–Crippen MR) is 97.7 cm³/mol. The number of carbonyl (C=O) groups is 3. The van der Waals surface area contributed by atoms with Crippen LogP contribution in [0.4, 0.5) is 0 Å². The highest BCUT2D eigenvalue weighted by Gasteiger charge is 2.33. The lowest BCUT2D eigenvalue weighted by molar-refractivity contribution is -0.152. The topological polar surface area (TPSA) is 120 Å². The van der Waals surface area contributed by atoms with Crippen LogP contribution in [0.2, 0.25) is 0 Å². The lowest BCUT2D eigenvalue weighted by Crippen LogP contribution is -2.54. The Morgan fingerprint density at radius 3 is 2.18 bits per heavy atom. The molecule has 4 rings (SSSR count). The van der Waals surface area contributed by atoms with Crippen LogP contribution in [0.15, 0.2) is 15.5 Å². The molecule has 0 atom stereocenters. The van der Waals surface area contributed by atoms with E-state index in [0.29, 0.717) is 18.8 Å². The van der Waals surface area contributed by atoms with Gasteiger partial charge in [-0.3, -0.25) is 19.2 Å². The summed E-state index contributed by atoms with van der Waals surface area (Å²) in [6, 6.07) is 0. The van der Waals surface area contributed by atoms with Crippen molar-refractivity contribution in [1.82, 2.24) is 24.7 Å². The first-order chi connectivity index (χ1) is 13.5. The number of hydrogen-bond donors (Lipinski definition) is 1. The maximum Gasteiger partial charge on any atom is 0.312 e. The number of amides is 3. The summed E-state index contributed by atoms with van der Waals surface area (Å²) in [4.78, 5) is 60.8. The summed E-state index contributed by atoms with van der Waals surface area (Å²) < 4.78 is 5.45. The molecule has 0 aliphatic carbocycles. The average molecular weight is 387 g/mol. The fourth-order valence-corrected chi connectivity index (χ4v) is 3.77. The molecule has 2 saturated heterocycles. The molecule has 10 nitrogen and oxygen atoms in total. The minimum atomic E-state index is -0.514. The first kappa shape index (κ1) is 18.2. The molecule has 0 bridgehead atoms. The van der Waals surface area contributed by atoms with Crippen molar-refractivity contribution in [2.24, 2.45) is 0 Å². The van der Waals surface area contributed by atoms with E-state index in [1.54, 1.807) is 16.7 Å². The van der Waals surface area contributed by atoms with E-state index in [-0.39, 0.29) is 48.7 Å². The zero-order valence-corrected chi connectivity index (χ0v) is 15.6. The van der Waals surface area contributed by atoms with Gasteiger partial charge in [-0.05, 0) is 19.8 Å². The van der Waals surface area contributed by atoms with Crippen LogP contribution in [0.25, 0.3) is 11.1 Å². The molecule has 2 aliphatic rings. The number of rotatable bonds is 1. The van der Waals surface area contributed by atoms with Crippen LogP contribution in [-0.4, -0.2) is 81.7 Å². The van der Waals surface area contributed by atoms with Crippen molar-refractivity contribution in [2.45, 2.75) is 19.8 Å². The summed E-state index contributed by atoms with van der Waals surface area (Å²) in [5.41, 5.74) is -0.123. The lowest BCUT2D eigenvalue weighted by atomic mass is 10.1. The van der Waals surface area contributed by atoms with Gasteiger partial charge in [-0.15, -0.1) is 0 Å². The molecule has 4 heterocycles. The Morgan fingerprint density at radius 2 is 1.54 bits per heavy atom. The molecule has 2 aromatic rings. The molecule has 0 spiro atoms. The normalized spacial score (nSPS) is 17.4. The van der Waals surface area contributed by atoms with Crippen molar-refractivity contribution >= 4 is 28.8 Å². The predicted octanol–water partition coefficient (Wildman–Crippen LogP) is -0.269. The standard InChI is InChI=1S/C18H21N5O5/c1-11-12(13-14(24)19-10-20-15(13)28-11)16(25)22-6-8-23(9-7-22)18(27)17(26)21-4-2-3-5-21/h10H,2-9H2,1H3,(H,19,20,24). The third kappa shape index (κ3) is 3.04. The minimum absolute atomic E-state index is 0.120. The number of nitrogens with zero attached hydrogens (tertiary/aromatic N) is 4. The van der Waals surface area contributed by atoms with Crippen LogP contribution < -0.4 is 5.56 Å². The average Bonchev–Trinajstić information content (AvgIpc) is 3.34. The molecule has 2 aromatic heterocycles. The van der Waals surface area contributed by atoms with Gasteiger partial charge in [-0.1, -0.05) is 0 Å². The summed E-state index contributed by atoms with van der Waals surface area (Å²) in [6.45, 7) is 3.96. The number of aromatic amines is 1. The van der Waals surface area contributed by atoms with E-state index >= 15 is 0 Å². The number of hydrogen-bond acceptors (Lipinski definition) is 6. The second kappa shape index (κ2) is 7.10. The number of piperazine rings is 1. The maximum atomic E-state index is 13.0. The third-order valence-corrected chi connectivity index (χ3v) is 5.31. The van der Waals surface area contributed by atoms with Crippen LogP contribution in [0, 0.1) is 6.92 Å². The van der Waals surface area contributed by atoms with Gasteiger partial charge in [-0.25, -0.2) is 4.98 Å². The Hall–Kier alpha value is -3.17.